The normalized spacial score (nSPS) is 38.4. The van der Waals surface area contributed by atoms with Crippen LogP contribution in [-0.4, -0.2) is 50.3 Å². The van der Waals surface area contributed by atoms with E-state index in [0.717, 1.165) is 31.7 Å². The van der Waals surface area contributed by atoms with Crippen LogP contribution in [0.3, 0.4) is 0 Å². The van der Waals surface area contributed by atoms with Crippen molar-refractivity contribution in [1.82, 2.24) is 10.2 Å². The first-order valence-corrected chi connectivity index (χ1v) is 6.31. The predicted molar refractivity (Wildman–Crippen MR) is 62.0 cm³/mol. The standard InChI is InChI=1S/C12H24N2O/c1-10-9-15-7-6-14(10)12-5-3-4-11(12)8-13-2/h10-13H,3-9H2,1-2H3. The van der Waals surface area contributed by atoms with E-state index in [-0.39, 0.29) is 0 Å². The molecule has 1 heterocycles. The molecule has 3 unspecified atom stereocenters. The molecule has 0 amide bonds. The van der Waals surface area contributed by atoms with Crippen LogP contribution >= 0.6 is 0 Å². The van der Waals surface area contributed by atoms with E-state index in [2.05, 4.69) is 24.2 Å². The Morgan fingerprint density at radius 2 is 2.27 bits per heavy atom. The molecule has 3 atom stereocenters. The fourth-order valence-corrected chi connectivity index (χ4v) is 3.19. The maximum absolute atomic E-state index is 5.51. The second-order valence-corrected chi connectivity index (χ2v) is 4.98. The number of hydrogen-bond acceptors (Lipinski definition) is 3. The van der Waals surface area contributed by atoms with Gasteiger partial charge in [-0.15, -0.1) is 0 Å². The van der Waals surface area contributed by atoms with E-state index in [1.807, 2.05) is 0 Å². The van der Waals surface area contributed by atoms with Crippen LogP contribution in [0.2, 0.25) is 0 Å². The summed E-state index contributed by atoms with van der Waals surface area (Å²) in [5.41, 5.74) is 0. The number of nitrogens with one attached hydrogen (secondary N) is 1. The van der Waals surface area contributed by atoms with Crippen LogP contribution in [0.1, 0.15) is 26.2 Å². The molecule has 0 aromatic heterocycles. The third-order valence-corrected chi connectivity index (χ3v) is 3.93. The number of rotatable bonds is 3. The lowest BCUT2D eigenvalue weighted by Gasteiger charge is -2.40. The highest BCUT2D eigenvalue weighted by atomic mass is 16.5. The average Bonchev–Trinajstić information content (AvgIpc) is 2.67. The van der Waals surface area contributed by atoms with Gasteiger partial charge in [0.1, 0.15) is 0 Å². The molecule has 2 fully saturated rings. The van der Waals surface area contributed by atoms with Crippen molar-refractivity contribution in [3.8, 4) is 0 Å². The zero-order valence-corrected chi connectivity index (χ0v) is 10.0. The summed E-state index contributed by atoms with van der Waals surface area (Å²) < 4.78 is 5.51. The zero-order valence-electron chi connectivity index (χ0n) is 10.0. The quantitative estimate of drug-likeness (QED) is 0.758. The van der Waals surface area contributed by atoms with Gasteiger partial charge in [0.25, 0.3) is 0 Å². The first-order valence-electron chi connectivity index (χ1n) is 6.31. The van der Waals surface area contributed by atoms with Gasteiger partial charge in [-0.05, 0) is 39.3 Å². The molecular weight excluding hydrogens is 188 g/mol. The van der Waals surface area contributed by atoms with Crippen molar-refractivity contribution < 1.29 is 4.74 Å². The van der Waals surface area contributed by atoms with Crippen LogP contribution in [0.4, 0.5) is 0 Å². The van der Waals surface area contributed by atoms with E-state index in [9.17, 15) is 0 Å². The van der Waals surface area contributed by atoms with Crippen molar-refractivity contribution in [2.75, 3.05) is 33.4 Å². The van der Waals surface area contributed by atoms with Crippen LogP contribution < -0.4 is 5.32 Å². The Morgan fingerprint density at radius 3 is 3.00 bits per heavy atom. The fourth-order valence-electron chi connectivity index (χ4n) is 3.19. The summed E-state index contributed by atoms with van der Waals surface area (Å²) in [7, 11) is 2.07. The molecule has 1 N–H and O–H groups in total. The second kappa shape index (κ2) is 5.28. The Balaban J connectivity index is 1.94. The maximum Gasteiger partial charge on any atom is 0.0619 e. The molecule has 0 bridgehead atoms. The molecule has 2 rings (SSSR count). The lowest BCUT2D eigenvalue weighted by Crippen LogP contribution is -2.51. The zero-order chi connectivity index (χ0) is 10.7. The van der Waals surface area contributed by atoms with Crippen molar-refractivity contribution in [2.45, 2.75) is 38.3 Å². The molecule has 15 heavy (non-hydrogen) atoms. The number of morpholine rings is 1. The van der Waals surface area contributed by atoms with E-state index >= 15 is 0 Å². The Hall–Kier alpha value is -0.120. The van der Waals surface area contributed by atoms with E-state index in [1.54, 1.807) is 0 Å². The average molecular weight is 212 g/mol. The predicted octanol–water partition coefficient (Wildman–Crippen LogP) is 1.10. The summed E-state index contributed by atoms with van der Waals surface area (Å²) in [6.45, 7) is 6.45. The molecule has 1 aliphatic carbocycles. The first kappa shape index (κ1) is 11.4. The number of ether oxygens (including phenoxy) is 1. The lowest BCUT2D eigenvalue weighted by atomic mass is 10.00. The second-order valence-electron chi connectivity index (χ2n) is 4.98. The van der Waals surface area contributed by atoms with Crippen molar-refractivity contribution in [3.63, 3.8) is 0 Å². The topological polar surface area (TPSA) is 24.5 Å². The number of nitrogens with zero attached hydrogens (tertiary/aromatic N) is 1. The van der Waals surface area contributed by atoms with Gasteiger partial charge >= 0.3 is 0 Å². The van der Waals surface area contributed by atoms with Gasteiger partial charge in [0.15, 0.2) is 0 Å². The Morgan fingerprint density at radius 1 is 1.40 bits per heavy atom. The van der Waals surface area contributed by atoms with E-state index in [1.165, 1.54) is 25.8 Å². The van der Waals surface area contributed by atoms with Gasteiger partial charge in [0.05, 0.1) is 13.2 Å². The van der Waals surface area contributed by atoms with Crippen molar-refractivity contribution >= 4 is 0 Å². The van der Waals surface area contributed by atoms with E-state index < -0.39 is 0 Å². The van der Waals surface area contributed by atoms with Crippen LogP contribution in [0.5, 0.6) is 0 Å². The lowest BCUT2D eigenvalue weighted by molar-refractivity contribution is -0.0294. The summed E-state index contributed by atoms with van der Waals surface area (Å²) in [6.07, 6.45) is 4.19. The first-order chi connectivity index (χ1) is 7.33. The molecule has 1 saturated heterocycles. The molecule has 2 aliphatic rings. The molecule has 0 aromatic carbocycles. The van der Waals surface area contributed by atoms with Gasteiger partial charge < -0.3 is 10.1 Å². The third kappa shape index (κ3) is 2.52. The van der Waals surface area contributed by atoms with Gasteiger partial charge in [-0.2, -0.15) is 0 Å². The fraction of sp³-hybridized carbons (Fsp3) is 1.00. The van der Waals surface area contributed by atoms with Gasteiger partial charge in [-0.25, -0.2) is 0 Å². The minimum absolute atomic E-state index is 0.612. The van der Waals surface area contributed by atoms with E-state index in [0.29, 0.717) is 6.04 Å². The van der Waals surface area contributed by atoms with Crippen LogP contribution in [-0.2, 0) is 4.74 Å². The largest absolute Gasteiger partial charge is 0.379 e. The van der Waals surface area contributed by atoms with E-state index in [4.69, 9.17) is 4.74 Å². The third-order valence-electron chi connectivity index (χ3n) is 3.93. The highest BCUT2D eigenvalue weighted by molar-refractivity contribution is 4.89. The minimum Gasteiger partial charge on any atom is -0.379 e. The molecule has 0 spiro atoms. The minimum atomic E-state index is 0.612. The van der Waals surface area contributed by atoms with Gasteiger partial charge in [0.2, 0.25) is 0 Å². The summed E-state index contributed by atoms with van der Waals surface area (Å²) in [6, 6.07) is 1.41. The SMILES string of the molecule is CNCC1CCCC1N1CCOCC1C. The van der Waals surface area contributed by atoms with Gasteiger partial charge in [-0.3, -0.25) is 4.90 Å². The molecule has 0 radical (unpaired) electrons. The summed E-state index contributed by atoms with van der Waals surface area (Å²) in [5.74, 6) is 0.857. The number of hydrogen-bond donors (Lipinski definition) is 1. The Kier molecular flexibility index (Phi) is 4.00. The van der Waals surface area contributed by atoms with Crippen LogP contribution in [0.25, 0.3) is 0 Å². The molecule has 1 aliphatic heterocycles. The maximum atomic E-state index is 5.51. The van der Waals surface area contributed by atoms with Gasteiger partial charge in [0, 0.05) is 18.6 Å². The van der Waals surface area contributed by atoms with Crippen molar-refractivity contribution in [2.24, 2.45) is 5.92 Å². The summed E-state index contributed by atoms with van der Waals surface area (Å²) in [5, 5.41) is 3.34. The highest BCUT2D eigenvalue weighted by Crippen LogP contribution is 2.31. The van der Waals surface area contributed by atoms with Crippen molar-refractivity contribution in [1.29, 1.82) is 0 Å². The molecule has 3 heteroatoms. The van der Waals surface area contributed by atoms with Crippen molar-refractivity contribution in [3.05, 3.63) is 0 Å². The van der Waals surface area contributed by atoms with Gasteiger partial charge in [-0.1, -0.05) is 6.42 Å². The Labute approximate surface area is 93.2 Å². The molecule has 3 nitrogen and oxygen atoms in total. The molecular formula is C12H24N2O. The van der Waals surface area contributed by atoms with Crippen LogP contribution in [0, 0.1) is 5.92 Å². The smallest absolute Gasteiger partial charge is 0.0619 e. The molecule has 1 saturated carbocycles. The highest BCUT2D eigenvalue weighted by Gasteiger charge is 2.34. The Bertz CT molecular complexity index is 198. The molecule has 0 aromatic rings. The summed E-state index contributed by atoms with van der Waals surface area (Å²) in [4.78, 5) is 2.68. The monoisotopic (exact) mass is 212 g/mol. The van der Waals surface area contributed by atoms with Crippen LogP contribution in [0.15, 0.2) is 0 Å². The molecule has 88 valence electrons. The summed E-state index contributed by atoms with van der Waals surface area (Å²) >= 11 is 0.